The number of rotatable bonds is 10. The molecule has 5 N–H and O–H groups in total. The fourth-order valence-electron chi connectivity index (χ4n) is 1.94. The molecule has 0 aromatic carbocycles. The van der Waals surface area contributed by atoms with Crippen molar-refractivity contribution in [1.29, 1.82) is 0 Å². The van der Waals surface area contributed by atoms with E-state index in [1.807, 2.05) is 0 Å². The van der Waals surface area contributed by atoms with Crippen LogP contribution in [0.25, 0.3) is 0 Å². The zero-order valence-corrected chi connectivity index (χ0v) is 16.9. The smallest absolute Gasteiger partial charge is 0.407 e. The van der Waals surface area contributed by atoms with Crippen LogP contribution < -0.4 is 21.7 Å². The molecule has 1 atom stereocenters. The van der Waals surface area contributed by atoms with Gasteiger partial charge in [0.1, 0.15) is 11.6 Å². The second-order valence-corrected chi connectivity index (χ2v) is 7.25. The predicted octanol–water partition coefficient (Wildman–Crippen LogP) is -0.671. The Morgan fingerprint density at radius 3 is 2.22 bits per heavy atom. The van der Waals surface area contributed by atoms with Gasteiger partial charge in [0.2, 0.25) is 17.7 Å². The summed E-state index contributed by atoms with van der Waals surface area (Å²) in [6, 6.07) is -0.794. The SMILES string of the molecule is CN(C)C(=O)CNC(=O)[C@H](CCCCNC(=O)OC(C)(C)C)NC(=O)CN. The molecule has 4 amide bonds. The summed E-state index contributed by atoms with van der Waals surface area (Å²) in [5.74, 6) is -1.16. The fourth-order valence-corrected chi connectivity index (χ4v) is 1.94. The Bertz CT molecular complexity index is 516. The van der Waals surface area contributed by atoms with Gasteiger partial charge in [-0.1, -0.05) is 0 Å². The van der Waals surface area contributed by atoms with E-state index in [9.17, 15) is 19.2 Å². The molecular formula is C17H33N5O5. The van der Waals surface area contributed by atoms with Crippen LogP contribution in [0.3, 0.4) is 0 Å². The molecule has 156 valence electrons. The largest absolute Gasteiger partial charge is 0.444 e. The molecule has 0 unspecified atom stereocenters. The number of carbonyl (C=O) groups is 4. The van der Waals surface area contributed by atoms with E-state index in [2.05, 4.69) is 16.0 Å². The second-order valence-electron chi connectivity index (χ2n) is 7.25. The number of unbranched alkanes of at least 4 members (excludes halogenated alkanes) is 1. The molecule has 0 radical (unpaired) electrons. The van der Waals surface area contributed by atoms with Crippen molar-refractivity contribution in [1.82, 2.24) is 20.9 Å². The van der Waals surface area contributed by atoms with Crippen molar-refractivity contribution in [2.24, 2.45) is 5.73 Å². The van der Waals surface area contributed by atoms with Crippen molar-refractivity contribution in [3.63, 3.8) is 0 Å². The first-order valence-corrected chi connectivity index (χ1v) is 8.90. The van der Waals surface area contributed by atoms with E-state index >= 15 is 0 Å². The molecule has 27 heavy (non-hydrogen) atoms. The fraction of sp³-hybridized carbons (Fsp3) is 0.765. The average molecular weight is 387 g/mol. The second kappa shape index (κ2) is 12.1. The van der Waals surface area contributed by atoms with E-state index in [0.29, 0.717) is 25.8 Å². The van der Waals surface area contributed by atoms with E-state index in [0.717, 1.165) is 0 Å². The first kappa shape index (κ1) is 24.6. The molecular weight excluding hydrogens is 354 g/mol. The van der Waals surface area contributed by atoms with Crippen LogP contribution in [0.5, 0.6) is 0 Å². The molecule has 10 heteroatoms. The van der Waals surface area contributed by atoms with Crippen molar-refractivity contribution < 1.29 is 23.9 Å². The lowest BCUT2D eigenvalue weighted by Crippen LogP contribution is -2.50. The van der Waals surface area contributed by atoms with Crippen molar-refractivity contribution in [2.45, 2.75) is 51.7 Å². The Hall–Kier alpha value is -2.36. The minimum Gasteiger partial charge on any atom is -0.444 e. The molecule has 0 saturated carbocycles. The molecule has 0 bridgehead atoms. The number of nitrogens with two attached hydrogens (primary N) is 1. The van der Waals surface area contributed by atoms with Gasteiger partial charge in [0.05, 0.1) is 13.1 Å². The van der Waals surface area contributed by atoms with Gasteiger partial charge in [-0.15, -0.1) is 0 Å². The number of alkyl carbamates (subject to hydrolysis) is 1. The number of likely N-dealkylation sites (N-methyl/N-ethyl adjacent to an activating group) is 1. The number of hydrogen-bond donors (Lipinski definition) is 4. The van der Waals surface area contributed by atoms with Gasteiger partial charge in [-0.3, -0.25) is 14.4 Å². The highest BCUT2D eigenvalue weighted by molar-refractivity contribution is 5.90. The Kier molecular flexibility index (Phi) is 11.0. The molecule has 10 nitrogen and oxygen atoms in total. The van der Waals surface area contributed by atoms with Crippen LogP contribution in [0.15, 0.2) is 0 Å². The van der Waals surface area contributed by atoms with Gasteiger partial charge in [0.25, 0.3) is 0 Å². The van der Waals surface area contributed by atoms with Crippen molar-refractivity contribution in [3.05, 3.63) is 0 Å². The summed E-state index contributed by atoms with van der Waals surface area (Å²) in [4.78, 5) is 48.2. The number of hydrogen-bond acceptors (Lipinski definition) is 6. The number of nitrogens with zero attached hydrogens (tertiary/aromatic N) is 1. The monoisotopic (exact) mass is 387 g/mol. The third-order valence-corrected chi connectivity index (χ3v) is 3.34. The van der Waals surface area contributed by atoms with Crippen LogP contribution in [0.2, 0.25) is 0 Å². The predicted molar refractivity (Wildman–Crippen MR) is 101 cm³/mol. The first-order valence-electron chi connectivity index (χ1n) is 8.90. The van der Waals surface area contributed by atoms with E-state index in [1.54, 1.807) is 34.9 Å². The maximum absolute atomic E-state index is 12.2. The molecule has 0 aliphatic rings. The Balaban J connectivity index is 4.37. The summed E-state index contributed by atoms with van der Waals surface area (Å²) in [6.07, 6.45) is 1.01. The maximum Gasteiger partial charge on any atom is 0.407 e. The normalized spacial score (nSPS) is 11.9. The molecule has 0 fully saturated rings. The van der Waals surface area contributed by atoms with E-state index < -0.39 is 29.6 Å². The van der Waals surface area contributed by atoms with Gasteiger partial charge in [-0.05, 0) is 40.0 Å². The molecule has 0 saturated heterocycles. The van der Waals surface area contributed by atoms with Crippen LogP contribution in [-0.2, 0) is 19.1 Å². The summed E-state index contributed by atoms with van der Waals surface area (Å²) in [5.41, 5.74) is 4.71. The van der Waals surface area contributed by atoms with Gasteiger partial charge in [-0.2, -0.15) is 0 Å². The number of amides is 4. The zero-order chi connectivity index (χ0) is 21.0. The van der Waals surface area contributed by atoms with Crippen molar-refractivity contribution in [3.8, 4) is 0 Å². The van der Waals surface area contributed by atoms with Crippen molar-refractivity contribution >= 4 is 23.8 Å². The Morgan fingerprint density at radius 1 is 1.07 bits per heavy atom. The quantitative estimate of drug-likeness (QED) is 0.366. The van der Waals surface area contributed by atoms with Crippen LogP contribution in [0.4, 0.5) is 4.79 Å². The highest BCUT2D eigenvalue weighted by Gasteiger charge is 2.21. The third-order valence-electron chi connectivity index (χ3n) is 3.34. The summed E-state index contributed by atoms with van der Waals surface area (Å²) < 4.78 is 5.12. The van der Waals surface area contributed by atoms with Gasteiger partial charge >= 0.3 is 6.09 Å². The molecule has 0 aromatic rings. The highest BCUT2D eigenvalue weighted by atomic mass is 16.6. The standard InChI is InChI=1S/C17H33N5O5/c1-17(2,3)27-16(26)19-9-7-6-8-12(21-13(23)10-18)15(25)20-11-14(24)22(4)5/h12H,6-11,18H2,1-5H3,(H,19,26)(H,20,25)(H,21,23)/t12-/m0/s1. The number of ether oxygens (including phenoxy) is 1. The maximum atomic E-state index is 12.2. The highest BCUT2D eigenvalue weighted by Crippen LogP contribution is 2.07. The molecule has 0 aliphatic heterocycles. The minimum absolute atomic E-state index is 0.152. The lowest BCUT2D eigenvalue weighted by atomic mass is 10.1. The summed E-state index contributed by atoms with van der Waals surface area (Å²) in [5, 5.41) is 7.67. The lowest BCUT2D eigenvalue weighted by Gasteiger charge is -2.20. The van der Waals surface area contributed by atoms with Crippen molar-refractivity contribution in [2.75, 3.05) is 33.7 Å². The van der Waals surface area contributed by atoms with Crippen LogP contribution in [0.1, 0.15) is 40.0 Å². The third kappa shape index (κ3) is 12.6. The molecule has 0 heterocycles. The average Bonchev–Trinajstić information content (AvgIpc) is 2.55. The first-order chi connectivity index (χ1) is 12.5. The van der Waals surface area contributed by atoms with Gasteiger partial charge in [-0.25, -0.2) is 4.79 Å². The van der Waals surface area contributed by atoms with Gasteiger partial charge < -0.3 is 31.3 Å². The van der Waals surface area contributed by atoms with E-state index in [1.165, 1.54) is 4.90 Å². The Labute approximate surface area is 160 Å². The van der Waals surface area contributed by atoms with Gasteiger partial charge in [0.15, 0.2) is 0 Å². The molecule has 0 rings (SSSR count). The van der Waals surface area contributed by atoms with E-state index in [-0.39, 0.29) is 19.0 Å². The van der Waals surface area contributed by atoms with Gasteiger partial charge in [0, 0.05) is 20.6 Å². The molecule has 0 spiro atoms. The molecule has 0 aliphatic carbocycles. The van der Waals surface area contributed by atoms with Crippen LogP contribution >= 0.6 is 0 Å². The Morgan fingerprint density at radius 2 is 1.70 bits per heavy atom. The summed E-state index contributed by atoms with van der Waals surface area (Å²) in [7, 11) is 3.17. The number of carbonyl (C=O) groups excluding carboxylic acids is 4. The molecule has 0 aromatic heterocycles. The summed E-state index contributed by atoms with van der Waals surface area (Å²) in [6.45, 7) is 5.32. The van der Waals surface area contributed by atoms with E-state index in [4.69, 9.17) is 10.5 Å². The van der Waals surface area contributed by atoms with Crippen LogP contribution in [0, 0.1) is 0 Å². The van der Waals surface area contributed by atoms with Crippen LogP contribution in [-0.4, -0.2) is 74.1 Å². The zero-order valence-electron chi connectivity index (χ0n) is 16.9. The number of nitrogens with one attached hydrogen (secondary N) is 3. The topological polar surface area (TPSA) is 143 Å². The summed E-state index contributed by atoms with van der Waals surface area (Å²) >= 11 is 0. The lowest BCUT2D eigenvalue weighted by molar-refractivity contribution is -0.132. The minimum atomic E-state index is -0.794.